The topological polar surface area (TPSA) is 190 Å². The summed E-state index contributed by atoms with van der Waals surface area (Å²) in [7, 11) is 0. The van der Waals surface area contributed by atoms with E-state index in [1.165, 1.54) is 23.2 Å². The van der Waals surface area contributed by atoms with Gasteiger partial charge in [-0.15, -0.1) is 0 Å². The van der Waals surface area contributed by atoms with Crippen molar-refractivity contribution in [2.24, 2.45) is 5.92 Å². The number of fused-ring (bicyclic) bond motifs is 2. The van der Waals surface area contributed by atoms with E-state index >= 15 is 0 Å². The molecule has 0 saturated carbocycles. The Kier molecular flexibility index (Phi) is 7.55. The van der Waals surface area contributed by atoms with Crippen LogP contribution in [-0.4, -0.2) is 75.8 Å². The van der Waals surface area contributed by atoms with Crippen LogP contribution in [0.1, 0.15) is 43.9 Å². The lowest BCUT2D eigenvalue weighted by Crippen LogP contribution is -2.41. The summed E-state index contributed by atoms with van der Waals surface area (Å²) in [6.07, 6.45) is 0.854. The minimum atomic E-state index is -0.747. The monoisotopic (exact) mass is 579 g/mol. The Morgan fingerprint density at radius 1 is 1.33 bits per heavy atom. The van der Waals surface area contributed by atoms with E-state index in [0.29, 0.717) is 19.3 Å². The number of aromatic nitrogens is 2. The molecule has 2 unspecified atom stereocenters. The Labute approximate surface area is 240 Å². The SMILES string of the molecule is CC(C)(C)OC(=O)N(CCC1CN(c2cnc3c(n2)NC(=O)CO3)C(=O)O1)CC1Cc2cc([N+](=O)[O-])cc(C#N)c2C1. The van der Waals surface area contributed by atoms with Gasteiger partial charge in [-0.2, -0.15) is 5.26 Å². The van der Waals surface area contributed by atoms with E-state index < -0.39 is 28.8 Å². The summed E-state index contributed by atoms with van der Waals surface area (Å²) in [6.45, 7) is 5.74. The number of amides is 3. The van der Waals surface area contributed by atoms with Crippen molar-refractivity contribution >= 4 is 35.4 Å². The van der Waals surface area contributed by atoms with Crippen LogP contribution in [-0.2, 0) is 27.1 Å². The summed E-state index contributed by atoms with van der Waals surface area (Å²) in [6, 6.07) is 4.82. The second kappa shape index (κ2) is 11.1. The van der Waals surface area contributed by atoms with Gasteiger partial charge in [-0.25, -0.2) is 19.6 Å². The lowest BCUT2D eigenvalue weighted by molar-refractivity contribution is -0.384. The first-order valence-electron chi connectivity index (χ1n) is 13.4. The van der Waals surface area contributed by atoms with E-state index in [4.69, 9.17) is 14.2 Å². The van der Waals surface area contributed by atoms with Crippen LogP contribution in [0.15, 0.2) is 18.3 Å². The number of rotatable bonds is 7. The summed E-state index contributed by atoms with van der Waals surface area (Å²) in [5, 5.41) is 23.4. The maximum Gasteiger partial charge on any atom is 0.415 e. The molecule has 2 aliphatic heterocycles. The molecule has 220 valence electrons. The molecule has 2 atom stereocenters. The molecule has 3 heterocycles. The zero-order valence-corrected chi connectivity index (χ0v) is 23.3. The number of hydrogen-bond donors (Lipinski definition) is 1. The van der Waals surface area contributed by atoms with Crippen molar-refractivity contribution in [3.63, 3.8) is 0 Å². The number of hydrogen-bond acceptors (Lipinski definition) is 11. The van der Waals surface area contributed by atoms with Crippen LogP contribution >= 0.6 is 0 Å². The van der Waals surface area contributed by atoms with Crippen molar-refractivity contribution < 1.29 is 33.5 Å². The molecule has 15 nitrogen and oxygen atoms in total. The minimum Gasteiger partial charge on any atom is -0.465 e. The number of carbonyl (C=O) groups excluding carboxylic acids is 3. The second-order valence-electron chi connectivity index (χ2n) is 11.3. The smallest absolute Gasteiger partial charge is 0.415 e. The number of benzene rings is 1. The fourth-order valence-corrected chi connectivity index (χ4v) is 5.19. The maximum absolute atomic E-state index is 13.2. The Morgan fingerprint density at radius 3 is 2.83 bits per heavy atom. The normalized spacial score (nSPS) is 19.1. The first-order valence-corrected chi connectivity index (χ1v) is 13.4. The number of cyclic esters (lactones) is 1. The van der Waals surface area contributed by atoms with Gasteiger partial charge in [-0.1, -0.05) is 0 Å². The number of nitro groups is 1. The zero-order valence-electron chi connectivity index (χ0n) is 23.3. The third kappa shape index (κ3) is 6.17. The van der Waals surface area contributed by atoms with Crippen molar-refractivity contribution in [2.75, 3.05) is 36.5 Å². The second-order valence-corrected chi connectivity index (χ2v) is 11.3. The fraction of sp³-hybridized carbons (Fsp3) is 0.481. The summed E-state index contributed by atoms with van der Waals surface area (Å²) >= 11 is 0. The summed E-state index contributed by atoms with van der Waals surface area (Å²) < 4.78 is 16.4. The highest BCUT2D eigenvalue weighted by Crippen LogP contribution is 2.34. The van der Waals surface area contributed by atoms with E-state index in [0.717, 1.165) is 11.1 Å². The van der Waals surface area contributed by atoms with Gasteiger partial charge in [-0.05, 0) is 50.7 Å². The molecule has 3 aliphatic rings. The molecule has 0 bridgehead atoms. The Bertz CT molecular complexity index is 1500. The van der Waals surface area contributed by atoms with Crippen LogP contribution in [0, 0.1) is 27.4 Å². The van der Waals surface area contributed by atoms with Gasteiger partial charge in [0.1, 0.15) is 11.7 Å². The number of nitrogens with zero attached hydrogens (tertiary/aromatic N) is 6. The van der Waals surface area contributed by atoms with Crippen LogP contribution < -0.4 is 15.0 Å². The Balaban J connectivity index is 1.26. The third-order valence-corrected chi connectivity index (χ3v) is 6.99. The molecule has 2 aromatic rings. The lowest BCUT2D eigenvalue weighted by atomic mass is 10.0. The van der Waals surface area contributed by atoms with Gasteiger partial charge in [0, 0.05) is 31.6 Å². The number of nitrogens with one attached hydrogen (secondary N) is 1. The molecule has 1 N–H and O–H groups in total. The number of anilines is 2. The molecule has 1 aromatic heterocycles. The number of nitro benzene ring substituents is 1. The zero-order chi connectivity index (χ0) is 30.2. The molecule has 15 heteroatoms. The highest BCUT2D eigenvalue weighted by atomic mass is 16.6. The van der Waals surface area contributed by atoms with Gasteiger partial charge < -0.3 is 24.4 Å². The predicted molar refractivity (Wildman–Crippen MR) is 145 cm³/mol. The number of carbonyl (C=O) groups is 3. The van der Waals surface area contributed by atoms with Crippen molar-refractivity contribution in [2.45, 2.75) is 51.7 Å². The molecule has 1 fully saturated rings. The number of non-ortho nitro benzene ring substituents is 1. The molecule has 5 rings (SSSR count). The van der Waals surface area contributed by atoms with Gasteiger partial charge in [-0.3, -0.25) is 19.8 Å². The first kappa shape index (κ1) is 28.5. The van der Waals surface area contributed by atoms with Gasteiger partial charge in [0.25, 0.3) is 17.5 Å². The molecular weight excluding hydrogens is 550 g/mol. The van der Waals surface area contributed by atoms with Crippen LogP contribution in [0.4, 0.5) is 26.9 Å². The Morgan fingerprint density at radius 2 is 2.12 bits per heavy atom. The van der Waals surface area contributed by atoms with Crippen molar-refractivity contribution in [1.29, 1.82) is 5.26 Å². The predicted octanol–water partition coefficient (Wildman–Crippen LogP) is 2.95. The van der Waals surface area contributed by atoms with E-state index in [2.05, 4.69) is 21.4 Å². The summed E-state index contributed by atoms with van der Waals surface area (Å²) in [5.41, 5.74) is 0.859. The maximum atomic E-state index is 13.2. The number of ether oxygens (including phenoxy) is 3. The molecule has 3 amide bonds. The highest BCUT2D eigenvalue weighted by molar-refractivity contribution is 5.94. The van der Waals surface area contributed by atoms with Gasteiger partial charge in [0.05, 0.1) is 29.3 Å². The van der Waals surface area contributed by atoms with Crippen molar-refractivity contribution in [1.82, 2.24) is 14.9 Å². The van der Waals surface area contributed by atoms with Gasteiger partial charge >= 0.3 is 12.2 Å². The van der Waals surface area contributed by atoms with E-state index in [-0.39, 0.29) is 66.8 Å². The van der Waals surface area contributed by atoms with E-state index in [1.54, 1.807) is 25.7 Å². The average Bonchev–Trinajstić information content (AvgIpc) is 3.51. The van der Waals surface area contributed by atoms with Gasteiger partial charge in [0.2, 0.25) is 0 Å². The third-order valence-electron chi connectivity index (χ3n) is 6.99. The molecule has 42 heavy (non-hydrogen) atoms. The fourth-order valence-electron chi connectivity index (χ4n) is 5.19. The summed E-state index contributed by atoms with van der Waals surface area (Å²) in [4.78, 5) is 59.5. The number of nitriles is 1. The average molecular weight is 580 g/mol. The summed E-state index contributed by atoms with van der Waals surface area (Å²) in [5.74, 6) is -0.0281. The van der Waals surface area contributed by atoms with Crippen LogP contribution in [0.25, 0.3) is 0 Å². The largest absolute Gasteiger partial charge is 0.465 e. The lowest BCUT2D eigenvalue weighted by Gasteiger charge is -2.29. The van der Waals surface area contributed by atoms with Crippen LogP contribution in [0.5, 0.6) is 5.88 Å². The molecule has 1 aromatic carbocycles. The van der Waals surface area contributed by atoms with Gasteiger partial charge in [0.15, 0.2) is 18.2 Å². The van der Waals surface area contributed by atoms with E-state index in [9.17, 15) is 29.8 Å². The van der Waals surface area contributed by atoms with Crippen molar-refractivity contribution in [3.05, 3.63) is 45.1 Å². The molecule has 1 saturated heterocycles. The molecule has 0 radical (unpaired) electrons. The molecule has 1 aliphatic carbocycles. The quantitative estimate of drug-likeness (QED) is 0.375. The first-order chi connectivity index (χ1) is 19.9. The van der Waals surface area contributed by atoms with E-state index in [1.807, 2.05) is 0 Å². The Hall–Kier alpha value is -5.00. The van der Waals surface area contributed by atoms with Crippen LogP contribution in [0.2, 0.25) is 0 Å². The van der Waals surface area contributed by atoms with Crippen LogP contribution in [0.3, 0.4) is 0 Å². The van der Waals surface area contributed by atoms with Crippen molar-refractivity contribution in [3.8, 4) is 11.9 Å². The molecular formula is C27H29N7O8. The standard InChI is InChI=1S/C27H29N7O8/c1-27(2,3)42-25(36)32(12-15-6-16-8-18(34(38)39)9-17(10-28)20(16)7-15)5-4-19-13-33(26(37)41-19)21-11-29-24-23(30-21)31-22(35)14-40-24/h8-9,11,15,19H,4-7,12-14H2,1-3H3,(H,30,31,35). The molecule has 0 spiro atoms. The highest BCUT2D eigenvalue weighted by Gasteiger charge is 2.36. The minimum absolute atomic E-state index is 0.0903.